The highest BCUT2D eigenvalue weighted by atomic mass is 16.3. The summed E-state index contributed by atoms with van der Waals surface area (Å²) in [4.78, 5) is 42.1. The van der Waals surface area contributed by atoms with Crippen LogP contribution in [0.2, 0.25) is 0 Å². The number of amides is 1. The number of H-pyrrole nitrogens is 1. The zero-order valence-corrected chi connectivity index (χ0v) is 18.7. The Morgan fingerprint density at radius 1 is 1.19 bits per heavy atom. The van der Waals surface area contributed by atoms with E-state index in [2.05, 4.69) is 17.1 Å². The first kappa shape index (κ1) is 21.9. The number of aromatic nitrogens is 2. The third kappa shape index (κ3) is 3.97. The van der Waals surface area contributed by atoms with Crippen molar-refractivity contribution in [3.63, 3.8) is 0 Å². The molecule has 0 radical (unpaired) electrons. The fourth-order valence-corrected chi connectivity index (χ4v) is 4.50. The standard InChI is InChI=1S/C24H30N4O4/c1-3-5-10-27(21-22(25)28(9-4-2)24(31)26-23(21)30)20(29)13-17-14-32-19-12-16-8-6-7-15(16)11-18(17)19/h11-12,14H,3-10,13,25H2,1-2H3,(H,26,30,31). The molecule has 1 aliphatic rings. The Balaban J connectivity index is 1.71. The van der Waals surface area contributed by atoms with Crippen LogP contribution in [-0.4, -0.2) is 22.0 Å². The molecule has 0 spiro atoms. The quantitative estimate of drug-likeness (QED) is 0.561. The Hall–Kier alpha value is -3.29. The number of nitrogens with zero attached hydrogens (tertiary/aromatic N) is 2. The topological polar surface area (TPSA) is 114 Å². The molecule has 0 atom stereocenters. The maximum Gasteiger partial charge on any atom is 0.330 e. The van der Waals surface area contributed by atoms with Gasteiger partial charge in [-0.25, -0.2) is 4.79 Å². The summed E-state index contributed by atoms with van der Waals surface area (Å²) in [6.45, 7) is 4.63. The number of nitrogen functional groups attached to an aromatic ring is 1. The van der Waals surface area contributed by atoms with E-state index in [0.29, 0.717) is 25.9 Å². The third-order valence-corrected chi connectivity index (χ3v) is 6.18. The number of carbonyl (C=O) groups is 1. The molecule has 0 bridgehead atoms. The van der Waals surface area contributed by atoms with Crippen LogP contribution < -0.4 is 21.9 Å². The zero-order valence-electron chi connectivity index (χ0n) is 18.7. The molecule has 0 unspecified atom stereocenters. The van der Waals surface area contributed by atoms with Crippen molar-refractivity contribution in [3.05, 3.63) is 55.9 Å². The number of hydrogen-bond donors (Lipinski definition) is 2. The van der Waals surface area contributed by atoms with Crippen LogP contribution in [0.25, 0.3) is 11.0 Å². The van der Waals surface area contributed by atoms with Crippen LogP contribution in [-0.2, 0) is 30.6 Å². The molecule has 4 rings (SSSR count). The van der Waals surface area contributed by atoms with E-state index in [4.69, 9.17) is 10.2 Å². The number of fused-ring (bicyclic) bond motifs is 2. The molecule has 2 aromatic heterocycles. The highest BCUT2D eigenvalue weighted by molar-refractivity contribution is 5.99. The van der Waals surface area contributed by atoms with Gasteiger partial charge in [-0.1, -0.05) is 20.3 Å². The van der Waals surface area contributed by atoms with Gasteiger partial charge in [-0.15, -0.1) is 0 Å². The molecule has 8 heteroatoms. The predicted molar refractivity (Wildman–Crippen MR) is 125 cm³/mol. The molecule has 170 valence electrons. The summed E-state index contributed by atoms with van der Waals surface area (Å²) < 4.78 is 7.07. The molecule has 0 saturated carbocycles. The van der Waals surface area contributed by atoms with Gasteiger partial charge in [-0.05, 0) is 55.4 Å². The Morgan fingerprint density at radius 2 is 1.94 bits per heavy atom. The maximum atomic E-state index is 13.4. The van der Waals surface area contributed by atoms with Gasteiger partial charge >= 0.3 is 5.69 Å². The monoisotopic (exact) mass is 438 g/mol. The van der Waals surface area contributed by atoms with Gasteiger partial charge in [-0.2, -0.15) is 0 Å². The highest BCUT2D eigenvalue weighted by Gasteiger charge is 2.25. The van der Waals surface area contributed by atoms with Gasteiger partial charge in [0.25, 0.3) is 5.56 Å². The van der Waals surface area contributed by atoms with E-state index in [0.717, 1.165) is 42.2 Å². The highest BCUT2D eigenvalue weighted by Crippen LogP contribution is 2.31. The molecule has 32 heavy (non-hydrogen) atoms. The Bertz CT molecular complexity index is 1270. The summed E-state index contributed by atoms with van der Waals surface area (Å²) in [6.07, 6.45) is 7.16. The summed E-state index contributed by atoms with van der Waals surface area (Å²) in [7, 11) is 0. The molecule has 1 amide bonds. The Morgan fingerprint density at radius 3 is 2.66 bits per heavy atom. The average molecular weight is 439 g/mol. The lowest BCUT2D eigenvalue weighted by atomic mass is 10.0. The molecule has 0 saturated heterocycles. The van der Waals surface area contributed by atoms with E-state index >= 15 is 0 Å². The van der Waals surface area contributed by atoms with Crippen LogP contribution in [0.5, 0.6) is 0 Å². The molecular formula is C24H30N4O4. The molecule has 3 aromatic rings. The number of nitrogens with one attached hydrogen (secondary N) is 1. The Labute approximate surface area is 186 Å². The van der Waals surface area contributed by atoms with Crippen molar-refractivity contribution >= 4 is 28.4 Å². The maximum absolute atomic E-state index is 13.4. The van der Waals surface area contributed by atoms with E-state index in [1.807, 2.05) is 13.8 Å². The average Bonchev–Trinajstić information content (AvgIpc) is 3.38. The van der Waals surface area contributed by atoms with Gasteiger partial charge in [-0.3, -0.25) is 19.1 Å². The van der Waals surface area contributed by atoms with Crippen molar-refractivity contribution in [2.45, 2.75) is 65.3 Å². The second kappa shape index (κ2) is 9.06. The summed E-state index contributed by atoms with van der Waals surface area (Å²) in [5.41, 5.74) is 9.27. The number of anilines is 2. The molecule has 1 aliphatic carbocycles. The van der Waals surface area contributed by atoms with Gasteiger partial charge in [0.2, 0.25) is 5.91 Å². The number of carbonyl (C=O) groups excluding carboxylic acids is 1. The largest absolute Gasteiger partial charge is 0.464 e. The van der Waals surface area contributed by atoms with E-state index in [9.17, 15) is 14.4 Å². The van der Waals surface area contributed by atoms with E-state index in [-0.39, 0.29) is 23.8 Å². The lowest BCUT2D eigenvalue weighted by molar-refractivity contribution is -0.118. The minimum Gasteiger partial charge on any atom is -0.464 e. The first-order chi connectivity index (χ1) is 15.4. The fraction of sp³-hybridized carbons (Fsp3) is 0.458. The van der Waals surface area contributed by atoms with Gasteiger partial charge in [0.15, 0.2) is 5.69 Å². The smallest absolute Gasteiger partial charge is 0.330 e. The number of hydrogen-bond acceptors (Lipinski definition) is 5. The van der Waals surface area contributed by atoms with Crippen molar-refractivity contribution in [2.75, 3.05) is 17.2 Å². The second-order valence-corrected chi connectivity index (χ2v) is 8.45. The Kier molecular flexibility index (Phi) is 6.21. The van der Waals surface area contributed by atoms with Crippen LogP contribution in [0.4, 0.5) is 11.5 Å². The SMILES string of the molecule is CCCCN(C(=O)Cc1coc2cc3c(cc12)CCC3)c1c(N)n(CCC)c(=O)[nH]c1=O. The van der Waals surface area contributed by atoms with Crippen molar-refractivity contribution in [1.29, 1.82) is 0 Å². The van der Waals surface area contributed by atoms with Crippen molar-refractivity contribution < 1.29 is 9.21 Å². The van der Waals surface area contributed by atoms with Crippen molar-refractivity contribution in [2.24, 2.45) is 0 Å². The van der Waals surface area contributed by atoms with Gasteiger partial charge in [0, 0.05) is 24.0 Å². The summed E-state index contributed by atoms with van der Waals surface area (Å²) in [5.74, 6) is -0.222. The predicted octanol–water partition coefficient (Wildman–Crippen LogP) is 3.14. The molecule has 0 aliphatic heterocycles. The summed E-state index contributed by atoms with van der Waals surface area (Å²) in [6, 6.07) is 4.20. The molecule has 1 aromatic carbocycles. The molecule has 2 heterocycles. The normalized spacial score (nSPS) is 12.9. The zero-order chi connectivity index (χ0) is 22.8. The first-order valence-electron chi connectivity index (χ1n) is 11.4. The van der Waals surface area contributed by atoms with E-state index < -0.39 is 11.2 Å². The first-order valence-corrected chi connectivity index (χ1v) is 11.4. The minimum atomic E-state index is -0.640. The number of nitrogens with two attached hydrogens (primary N) is 1. The minimum absolute atomic E-state index is 0.0277. The van der Waals surface area contributed by atoms with Crippen LogP contribution in [0.3, 0.4) is 0 Å². The molecule has 3 N–H and O–H groups in total. The van der Waals surface area contributed by atoms with E-state index in [1.54, 1.807) is 6.26 Å². The summed E-state index contributed by atoms with van der Waals surface area (Å²) in [5, 5.41) is 0.937. The third-order valence-electron chi connectivity index (χ3n) is 6.18. The number of rotatable bonds is 8. The number of furan rings is 1. The summed E-state index contributed by atoms with van der Waals surface area (Å²) >= 11 is 0. The van der Waals surface area contributed by atoms with Crippen LogP contribution >= 0.6 is 0 Å². The van der Waals surface area contributed by atoms with Crippen molar-refractivity contribution in [1.82, 2.24) is 9.55 Å². The van der Waals surface area contributed by atoms with E-state index in [1.165, 1.54) is 20.6 Å². The second-order valence-electron chi connectivity index (χ2n) is 8.45. The van der Waals surface area contributed by atoms with Gasteiger partial charge in [0.1, 0.15) is 11.4 Å². The van der Waals surface area contributed by atoms with Crippen LogP contribution in [0.1, 0.15) is 56.2 Å². The number of benzene rings is 1. The lowest BCUT2D eigenvalue weighted by Crippen LogP contribution is -2.42. The number of unbranched alkanes of at least 4 members (excludes halogenated alkanes) is 1. The van der Waals surface area contributed by atoms with Crippen LogP contribution in [0, 0.1) is 0 Å². The number of aryl methyl sites for hydroxylation is 2. The van der Waals surface area contributed by atoms with Gasteiger partial charge < -0.3 is 15.1 Å². The fourth-order valence-electron chi connectivity index (χ4n) is 4.50. The molecule has 0 fully saturated rings. The number of aromatic amines is 1. The van der Waals surface area contributed by atoms with Gasteiger partial charge in [0.05, 0.1) is 12.7 Å². The molecule has 8 nitrogen and oxygen atoms in total. The van der Waals surface area contributed by atoms with Crippen molar-refractivity contribution in [3.8, 4) is 0 Å². The van der Waals surface area contributed by atoms with Crippen LogP contribution in [0.15, 0.2) is 32.4 Å². The molecular weight excluding hydrogens is 408 g/mol. The lowest BCUT2D eigenvalue weighted by Gasteiger charge is -2.24.